The van der Waals surface area contributed by atoms with Crippen LogP contribution in [0.3, 0.4) is 0 Å². The van der Waals surface area contributed by atoms with Crippen molar-refractivity contribution in [3.8, 4) is 0 Å². The number of likely N-dealkylation sites (tertiary alicyclic amines) is 1. The van der Waals surface area contributed by atoms with Crippen LogP contribution in [-0.2, 0) is 43.2 Å². The first-order chi connectivity index (χ1) is 27.1. The highest BCUT2D eigenvalue weighted by molar-refractivity contribution is 5.97. The van der Waals surface area contributed by atoms with E-state index in [1.165, 1.54) is 4.90 Å². The number of nitrogens with two attached hydrogens (primary N) is 4. The molecule has 0 bridgehead atoms. The van der Waals surface area contributed by atoms with Crippen LogP contribution in [0.2, 0.25) is 0 Å². The number of aliphatic imine (C=N–C) groups is 1. The lowest BCUT2D eigenvalue weighted by molar-refractivity contribution is -0.143. The van der Waals surface area contributed by atoms with E-state index in [0.29, 0.717) is 12.8 Å². The Labute approximate surface area is 338 Å². The molecule has 0 unspecified atom stereocenters. The summed E-state index contributed by atoms with van der Waals surface area (Å²) in [5.74, 6) is -8.21. The molecule has 8 amide bonds. The first-order valence-corrected chi connectivity index (χ1v) is 19.4. The van der Waals surface area contributed by atoms with Crippen LogP contribution >= 0.6 is 0 Å². The zero-order valence-electron chi connectivity index (χ0n) is 34.3. The van der Waals surface area contributed by atoms with Crippen LogP contribution in [0.4, 0.5) is 0 Å². The molecule has 0 aliphatic carbocycles. The van der Waals surface area contributed by atoms with Gasteiger partial charge in [0.05, 0.1) is 6.54 Å². The molecule has 1 rings (SSSR count). The van der Waals surface area contributed by atoms with Gasteiger partial charge in [-0.25, -0.2) is 0 Å². The summed E-state index contributed by atoms with van der Waals surface area (Å²) in [7, 11) is 0. The molecule has 0 radical (unpaired) electrons. The lowest BCUT2D eigenvalue weighted by Crippen LogP contribution is -2.61. The van der Waals surface area contributed by atoms with E-state index in [4.69, 9.17) is 28.0 Å². The SMILES string of the molecule is CC(C)C[C@H](NC(=O)[C@@H](NC(=O)[C@H](CCCN=C(N)N)NC(=O)CN)C(C)C)C(=O)N[C@H](C(=O)N[C@@H](CCC(N)=O)C(=O)N1CCC[C@H]1C(=O)NCC(=O)O)C(C)C. The minimum absolute atomic E-state index is 0.119. The van der Waals surface area contributed by atoms with Crippen LogP contribution in [-0.4, -0.2) is 132 Å². The molecule has 1 saturated heterocycles. The van der Waals surface area contributed by atoms with Crippen molar-refractivity contribution in [3.63, 3.8) is 0 Å². The Balaban J connectivity index is 3.26. The fourth-order valence-corrected chi connectivity index (χ4v) is 6.16. The van der Waals surface area contributed by atoms with E-state index in [0.717, 1.165) is 0 Å². The molecule has 22 heteroatoms. The Hall–Kier alpha value is -5.54. The smallest absolute Gasteiger partial charge is 0.322 e. The highest BCUT2D eigenvalue weighted by atomic mass is 16.4. The molecular weight excluding hydrogens is 760 g/mol. The van der Waals surface area contributed by atoms with E-state index in [1.807, 2.05) is 13.8 Å². The minimum atomic E-state index is -1.34. The van der Waals surface area contributed by atoms with Crippen molar-refractivity contribution in [2.75, 3.05) is 26.2 Å². The van der Waals surface area contributed by atoms with Gasteiger partial charge in [0.1, 0.15) is 42.8 Å². The molecule has 6 atom stereocenters. The second-order valence-corrected chi connectivity index (χ2v) is 15.3. The van der Waals surface area contributed by atoms with E-state index in [9.17, 15) is 43.2 Å². The Bertz CT molecular complexity index is 1500. The second-order valence-electron chi connectivity index (χ2n) is 15.3. The highest BCUT2D eigenvalue weighted by Crippen LogP contribution is 2.20. The number of aliphatic carboxylic acids is 1. The molecule has 0 saturated carbocycles. The normalized spacial score (nSPS) is 16.3. The van der Waals surface area contributed by atoms with Gasteiger partial charge in [0.2, 0.25) is 47.3 Å². The average molecular weight is 825 g/mol. The molecule has 1 heterocycles. The van der Waals surface area contributed by atoms with Gasteiger partial charge >= 0.3 is 5.97 Å². The summed E-state index contributed by atoms with van der Waals surface area (Å²) in [5.41, 5.74) is 21.5. The number of carboxylic acid groups (broad SMARTS) is 1. The van der Waals surface area contributed by atoms with Crippen LogP contribution in [0, 0.1) is 17.8 Å². The summed E-state index contributed by atoms with van der Waals surface area (Å²) in [4.78, 5) is 121. The van der Waals surface area contributed by atoms with Gasteiger partial charge < -0.3 is 64.8 Å². The third-order valence-corrected chi connectivity index (χ3v) is 9.16. The maximum Gasteiger partial charge on any atom is 0.322 e. The van der Waals surface area contributed by atoms with Crippen LogP contribution in [0.5, 0.6) is 0 Å². The van der Waals surface area contributed by atoms with E-state index >= 15 is 0 Å². The Morgan fingerprint density at radius 1 is 0.741 bits per heavy atom. The number of primary amides is 1. The van der Waals surface area contributed by atoms with E-state index in [1.54, 1.807) is 27.7 Å². The second kappa shape index (κ2) is 25.0. The predicted molar refractivity (Wildman–Crippen MR) is 212 cm³/mol. The van der Waals surface area contributed by atoms with Crippen molar-refractivity contribution in [3.05, 3.63) is 0 Å². The van der Waals surface area contributed by atoms with Crippen molar-refractivity contribution in [1.29, 1.82) is 0 Å². The molecule has 0 spiro atoms. The third-order valence-electron chi connectivity index (χ3n) is 9.16. The molecule has 0 aromatic rings. The number of carbonyl (C=O) groups excluding carboxylic acids is 8. The van der Waals surface area contributed by atoms with Crippen molar-refractivity contribution < 1.29 is 48.3 Å². The maximum absolute atomic E-state index is 13.9. The first kappa shape index (κ1) is 50.5. The number of nitrogens with zero attached hydrogens (tertiary/aromatic N) is 2. The zero-order valence-corrected chi connectivity index (χ0v) is 34.3. The number of amides is 8. The predicted octanol–water partition coefficient (Wildman–Crippen LogP) is -3.76. The fourth-order valence-electron chi connectivity index (χ4n) is 6.16. The molecule has 22 nitrogen and oxygen atoms in total. The minimum Gasteiger partial charge on any atom is -0.480 e. The van der Waals surface area contributed by atoms with Gasteiger partial charge in [0, 0.05) is 19.5 Å². The van der Waals surface area contributed by atoms with E-state index in [-0.39, 0.29) is 63.6 Å². The molecule has 328 valence electrons. The Kier molecular flexibility index (Phi) is 21.7. The Morgan fingerprint density at radius 2 is 1.29 bits per heavy atom. The van der Waals surface area contributed by atoms with Crippen LogP contribution in [0.25, 0.3) is 0 Å². The number of carbonyl (C=O) groups is 9. The van der Waals surface area contributed by atoms with Gasteiger partial charge in [-0.05, 0) is 56.3 Å². The summed E-state index contributed by atoms with van der Waals surface area (Å²) < 4.78 is 0. The number of nitrogens with one attached hydrogen (secondary N) is 6. The lowest BCUT2D eigenvalue weighted by Gasteiger charge is -2.31. The van der Waals surface area contributed by atoms with Gasteiger partial charge in [0.25, 0.3) is 0 Å². The van der Waals surface area contributed by atoms with Crippen LogP contribution in [0.15, 0.2) is 4.99 Å². The summed E-state index contributed by atoms with van der Waals surface area (Å²) >= 11 is 0. The average Bonchev–Trinajstić information content (AvgIpc) is 3.63. The number of hydrogen-bond acceptors (Lipinski definition) is 11. The lowest BCUT2D eigenvalue weighted by atomic mass is 9.97. The third kappa shape index (κ3) is 17.7. The first-order valence-electron chi connectivity index (χ1n) is 19.4. The molecule has 1 aliphatic rings. The van der Waals surface area contributed by atoms with Crippen LogP contribution < -0.4 is 54.8 Å². The number of guanidine groups is 1. The monoisotopic (exact) mass is 824 g/mol. The molecule has 1 fully saturated rings. The van der Waals surface area contributed by atoms with Crippen molar-refractivity contribution in [2.45, 2.75) is 123 Å². The van der Waals surface area contributed by atoms with E-state index in [2.05, 4.69) is 36.9 Å². The molecule has 0 aromatic heterocycles. The summed E-state index contributed by atoms with van der Waals surface area (Å²) in [6.45, 7) is 9.55. The van der Waals surface area contributed by atoms with Gasteiger partial charge in [-0.2, -0.15) is 0 Å². The summed E-state index contributed by atoms with van der Waals surface area (Å²) in [6.07, 6.45) is 0.706. The molecule has 15 N–H and O–H groups in total. The number of hydrogen-bond donors (Lipinski definition) is 11. The van der Waals surface area contributed by atoms with Crippen molar-refractivity contribution in [2.24, 2.45) is 45.7 Å². The van der Waals surface area contributed by atoms with Crippen LogP contribution in [0.1, 0.15) is 86.5 Å². The van der Waals surface area contributed by atoms with Gasteiger partial charge in [-0.3, -0.25) is 48.1 Å². The topological polar surface area (TPSA) is 366 Å². The number of carboxylic acids is 1. The van der Waals surface area contributed by atoms with E-state index < -0.39 is 108 Å². The summed E-state index contributed by atoms with van der Waals surface area (Å²) in [5, 5.41) is 24.4. The highest BCUT2D eigenvalue weighted by Gasteiger charge is 2.39. The largest absolute Gasteiger partial charge is 0.480 e. The zero-order chi connectivity index (χ0) is 44.3. The quantitative estimate of drug-likeness (QED) is 0.0240. The fraction of sp³-hybridized carbons (Fsp3) is 0.722. The van der Waals surface area contributed by atoms with Crippen molar-refractivity contribution >= 4 is 59.2 Å². The molecule has 0 aromatic carbocycles. The van der Waals surface area contributed by atoms with Gasteiger partial charge in [-0.15, -0.1) is 0 Å². The Morgan fingerprint density at radius 3 is 1.78 bits per heavy atom. The molecule has 1 aliphatic heterocycles. The maximum atomic E-state index is 13.9. The van der Waals surface area contributed by atoms with Crippen molar-refractivity contribution in [1.82, 2.24) is 36.8 Å². The van der Waals surface area contributed by atoms with Gasteiger partial charge in [0.15, 0.2) is 5.96 Å². The summed E-state index contributed by atoms with van der Waals surface area (Å²) in [6, 6.07) is -7.02. The molecular formula is C36H64N12O10. The van der Waals surface area contributed by atoms with Gasteiger partial charge in [-0.1, -0.05) is 41.5 Å². The molecule has 58 heavy (non-hydrogen) atoms. The standard InChI is InChI=1S/C36H64N12O10/c1-18(2)15-23(45-34(57)29(20(5)6)46-30(53)21(43-26(50)16-37)9-7-13-41-36(39)40)31(54)47-28(19(3)4)33(56)44-22(11-12-25(38)49)35(58)48-14-8-10-24(48)32(55)42-17-27(51)52/h18-24,28-29H,7-17,37H2,1-6H3,(H2,38,49)(H,42,55)(H,43,50)(H,44,56)(H,45,57)(H,46,53)(H,47,54)(H,51,52)(H4,39,40,41)/t21-,22-,23-,24-,28-,29-/m0/s1. The number of rotatable bonds is 25.